The van der Waals surface area contributed by atoms with Crippen LogP contribution < -0.4 is 4.74 Å². The number of para-hydroxylation sites is 1. The van der Waals surface area contributed by atoms with Crippen LogP contribution in [0.1, 0.15) is 64.3 Å². The van der Waals surface area contributed by atoms with Crippen LogP contribution in [0.3, 0.4) is 0 Å². The molecular weight excluding hydrogens is 502 g/mol. The van der Waals surface area contributed by atoms with E-state index in [0.717, 1.165) is 33.2 Å². The van der Waals surface area contributed by atoms with Gasteiger partial charge in [-0.2, -0.15) is 0 Å². The van der Waals surface area contributed by atoms with Crippen LogP contribution in [0.15, 0.2) is 90.6 Å². The van der Waals surface area contributed by atoms with Gasteiger partial charge in [-0.05, 0) is 83.0 Å². The van der Waals surface area contributed by atoms with Gasteiger partial charge in [0.25, 0.3) is 0 Å². The molecule has 0 fully saturated rings. The highest BCUT2D eigenvalue weighted by Gasteiger charge is 2.34. The fourth-order valence-corrected chi connectivity index (χ4v) is 4.68. The summed E-state index contributed by atoms with van der Waals surface area (Å²) in [6, 6.07) is 25.5. The van der Waals surface area contributed by atoms with E-state index in [1.165, 1.54) is 4.57 Å². The second-order valence-electron chi connectivity index (χ2n) is 12.1. The molecule has 5 rings (SSSR count). The van der Waals surface area contributed by atoms with Crippen LogP contribution >= 0.6 is 0 Å². The molecule has 6 heteroatoms. The van der Waals surface area contributed by atoms with Crippen molar-refractivity contribution >= 4 is 28.7 Å². The molecule has 1 atom stereocenters. The molecule has 0 unspecified atom stereocenters. The Morgan fingerprint density at radius 1 is 0.875 bits per heavy atom. The Morgan fingerprint density at radius 2 is 1.57 bits per heavy atom. The Hall–Kier alpha value is -4.32. The third kappa shape index (κ3) is 5.67. The molecule has 0 radical (unpaired) electrons. The number of rotatable bonds is 4. The van der Waals surface area contributed by atoms with Gasteiger partial charge in [0.05, 0.1) is 16.5 Å². The van der Waals surface area contributed by atoms with Gasteiger partial charge in [-0.25, -0.2) is 4.79 Å². The van der Waals surface area contributed by atoms with Crippen molar-refractivity contribution in [3.05, 3.63) is 107 Å². The summed E-state index contributed by atoms with van der Waals surface area (Å²) in [6.45, 7) is 11.1. The number of fused-ring (bicyclic) bond motifs is 2. The molecule has 40 heavy (non-hydrogen) atoms. The zero-order valence-corrected chi connectivity index (χ0v) is 23.9. The molecule has 0 N–H and O–H groups in total. The topological polar surface area (TPSA) is 66.8 Å². The summed E-state index contributed by atoms with van der Waals surface area (Å²) in [7, 11) is 0. The zero-order valence-electron chi connectivity index (χ0n) is 23.9. The van der Waals surface area contributed by atoms with E-state index >= 15 is 0 Å². The molecule has 4 aromatic rings. The SMILES string of the molecule is CC(C)(C)OC(=O)n1ccc2cc(CC3=C(OC(=O)C(C)(C)C)c4ccccc4O[C@@H]3c3ccccc3)ccc21. The van der Waals surface area contributed by atoms with Crippen LogP contribution in [0.25, 0.3) is 16.7 Å². The van der Waals surface area contributed by atoms with Crippen molar-refractivity contribution < 1.29 is 23.8 Å². The standard InChI is InChI=1S/C34H35NO5/c1-33(2,3)31(36)39-30-25-14-10-11-15-28(25)38-29(23-12-8-7-9-13-23)26(30)21-22-16-17-27-24(20-22)18-19-35(27)32(37)40-34(4,5)6/h7-20,29H,21H2,1-6H3/t29-/m1/s1. The molecule has 0 bridgehead atoms. The lowest BCUT2D eigenvalue weighted by molar-refractivity contribution is -0.145. The molecule has 0 saturated heterocycles. The summed E-state index contributed by atoms with van der Waals surface area (Å²) < 4.78 is 19.8. The minimum atomic E-state index is -0.683. The summed E-state index contributed by atoms with van der Waals surface area (Å²) in [5.41, 5.74) is 3.05. The Morgan fingerprint density at radius 3 is 2.27 bits per heavy atom. The number of carbonyl (C=O) groups is 2. The van der Waals surface area contributed by atoms with Crippen molar-refractivity contribution in [2.24, 2.45) is 5.41 Å². The minimum absolute atomic E-state index is 0.312. The highest BCUT2D eigenvalue weighted by Crippen LogP contribution is 2.44. The van der Waals surface area contributed by atoms with Gasteiger partial charge < -0.3 is 14.2 Å². The highest BCUT2D eigenvalue weighted by atomic mass is 16.6. The fourth-order valence-electron chi connectivity index (χ4n) is 4.68. The number of hydrogen-bond acceptors (Lipinski definition) is 5. The van der Waals surface area contributed by atoms with Crippen LogP contribution in [0.4, 0.5) is 4.79 Å². The molecule has 0 amide bonds. The maximum absolute atomic E-state index is 13.2. The van der Waals surface area contributed by atoms with E-state index in [4.69, 9.17) is 14.2 Å². The lowest BCUT2D eigenvalue weighted by Crippen LogP contribution is -2.26. The summed E-state index contributed by atoms with van der Waals surface area (Å²) in [4.78, 5) is 25.9. The Balaban J connectivity index is 1.60. The molecule has 0 saturated carbocycles. The minimum Gasteiger partial charge on any atom is -0.480 e. The average Bonchev–Trinajstić information content (AvgIpc) is 3.32. The summed E-state index contributed by atoms with van der Waals surface area (Å²) in [6.07, 6.45) is 1.34. The predicted octanol–water partition coefficient (Wildman–Crippen LogP) is 8.10. The van der Waals surface area contributed by atoms with Gasteiger partial charge in [0.2, 0.25) is 0 Å². The van der Waals surface area contributed by atoms with Gasteiger partial charge in [-0.15, -0.1) is 0 Å². The normalized spacial score (nSPS) is 15.4. The fraction of sp³-hybridized carbons (Fsp3) is 0.294. The van der Waals surface area contributed by atoms with Crippen molar-refractivity contribution in [3.63, 3.8) is 0 Å². The number of aromatic nitrogens is 1. The first-order valence-electron chi connectivity index (χ1n) is 13.5. The van der Waals surface area contributed by atoms with Crippen LogP contribution in [-0.2, 0) is 20.7 Å². The molecule has 1 aliphatic rings. The average molecular weight is 538 g/mol. The van der Waals surface area contributed by atoms with E-state index in [9.17, 15) is 9.59 Å². The van der Waals surface area contributed by atoms with Crippen molar-refractivity contribution in [3.8, 4) is 5.75 Å². The number of ether oxygens (including phenoxy) is 3. The zero-order chi connectivity index (χ0) is 28.7. The van der Waals surface area contributed by atoms with Crippen LogP contribution in [-0.4, -0.2) is 22.2 Å². The predicted molar refractivity (Wildman–Crippen MR) is 156 cm³/mol. The van der Waals surface area contributed by atoms with E-state index in [0.29, 0.717) is 17.9 Å². The van der Waals surface area contributed by atoms with Crippen LogP contribution in [0.2, 0.25) is 0 Å². The molecule has 0 spiro atoms. The molecule has 0 aliphatic carbocycles. The summed E-state index contributed by atoms with van der Waals surface area (Å²) in [5, 5.41) is 0.908. The largest absolute Gasteiger partial charge is 0.480 e. The number of hydrogen-bond donors (Lipinski definition) is 0. The Kier molecular flexibility index (Phi) is 7.05. The van der Waals surface area contributed by atoms with E-state index in [1.807, 2.05) is 114 Å². The molecule has 6 nitrogen and oxygen atoms in total. The van der Waals surface area contributed by atoms with E-state index < -0.39 is 23.2 Å². The van der Waals surface area contributed by atoms with Gasteiger partial charge in [-0.3, -0.25) is 9.36 Å². The first-order chi connectivity index (χ1) is 18.9. The first kappa shape index (κ1) is 27.3. The molecule has 2 heterocycles. The van der Waals surface area contributed by atoms with Crippen molar-refractivity contribution in [2.45, 2.75) is 59.7 Å². The molecule has 1 aromatic heterocycles. The smallest absolute Gasteiger partial charge is 0.418 e. The second-order valence-corrected chi connectivity index (χ2v) is 12.1. The van der Waals surface area contributed by atoms with Crippen molar-refractivity contribution in [2.75, 3.05) is 0 Å². The quantitative estimate of drug-likeness (QED) is 0.246. The third-order valence-corrected chi connectivity index (χ3v) is 6.63. The second kappa shape index (κ2) is 10.3. The number of benzene rings is 3. The first-order valence-corrected chi connectivity index (χ1v) is 13.5. The summed E-state index contributed by atoms with van der Waals surface area (Å²) in [5.74, 6) is 0.886. The van der Waals surface area contributed by atoms with Gasteiger partial charge in [0.15, 0.2) is 0 Å². The van der Waals surface area contributed by atoms with Crippen LogP contribution in [0.5, 0.6) is 5.75 Å². The van der Waals surface area contributed by atoms with Crippen LogP contribution in [0, 0.1) is 5.41 Å². The number of esters is 1. The molecule has 3 aromatic carbocycles. The van der Waals surface area contributed by atoms with E-state index in [1.54, 1.807) is 6.20 Å². The molecule has 206 valence electrons. The van der Waals surface area contributed by atoms with Gasteiger partial charge >= 0.3 is 12.1 Å². The van der Waals surface area contributed by atoms with Gasteiger partial charge in [0.1, 0.15) is 23.2 Å². The molecular formula is C34H35NO5. The Bertz CT molecular complexity index is 1600. The number of nitrogens with zero attached hydrogens (tertiary/aromatic N) is 1. The number of carbonyl (C=O) groups excluding carboxylic acids is 2. The third-order valence-electron chi connectivity index (χ3n) is 6.63. The van der Waals surface area contributed by atoms with E-state index in [-0.39, 0.29) is 5.97 Å². The monoisotopic (exact) mass is 537 g/mol. The van der Waals surface area contributed by atoms with E-state index in [2.05, 4.69) is 6.07 Å². The lowest BCUT2D eigenvalue weighted by Gasteiger charge is -2.32. The van der Waals surface area contributed by atoms with Gasteiger partial charge in [0, 0.05) is 23.6 Å². The maximum atomic E-state index is 13.2. The van der Waals surface area contributed by atoms with Crippen molar-refractivity contribution in [1.29, 1.82) is 0 Å². The Labute approximate surface area is 235 Å². The highest BCUT2D eigenvalue weighted by molar-refractivity contribution is 5.90. The summed E-state index contributed by atoms with van der Waals surface area (Å²) >= 11 is 0. The molecule has 1 aliphatic heterocycles. The van der Waals surface area contributed by atoms with Crippen molar-refractivity contribution in [1.82, 2.24) is 4.57 Å². The maximum Gasteiger partial charge on any atom is 0.418 e. The van der Waals surface area contributed by atoms with Gasteiger partial charge in [-0.1, -0.05) is 48.5 Å². The lowest BCUT2D eigenvalue weighted by atomic mass is 9.89.